The number of nitrogens with two attached hydrogens (primary N) is 1. The number of H-pyrrole nitrogens is 1. The molecule has 0 saturated heterocycles. The Hall–Kier alpha value is -2.79. The van der Waals surface area contributed by atoms with Crippen LogP contribution >= 0.6 is 0 Å². The number of fused-ring (bicyclic) bond motifs is 1. The van der Waals surface area contributed by atoms with Crippen LogP contribution in [0.4, 0.5) is 4.39 Å². The molecule has 30 heavy (non-hydrogen) atoms. The van der Waals surface area contributed by atoms with Gasteiger partial charge in [-0.2, -0.15) is 0 Å². The van der Waals surface area contributed by atoms with Crippen molar-refractivity contribution in [3.05, 3.63) is 51.7 Å². The van der Waals surface area contributed by atoms with Crippen LogP contribution in [0, 0.1) is 5.92 Å². The van der Waals surface area contributed by atoms with Crippen molar-refractivity contribution in [2.24, 2.45) is 11.7 Å². The van der Waals surface area contributed by atoms with Gasteiger partial charge in [-0.15, -0.1) is 0 Å². The van der Waals surface area contributed by atoms with Crippen LogP contribution in [-0.2, 0) is 21.4 Å². The molecular weight excluding hydrogens is 415 g/mol. The van der Waals surface area contributed by atoms with Crippen molar-refractivity contribution in [3.63, 3.8) is 0 Å². The quantitative estimate of drug-likeness (QED) is 0.541. The first-order valence-electron chi connectivity index (χ1n) is 9.39. The van der Waals surface area contributed by atoms with E-state index < -0.39 is 39.4 Å². The average molecular weight is 438 g/mol. The number of nitrogens with one attached hydrogen (secondary N) is 2. The Morgan fingerprint density at radius 1 is 1.37 bits per heavy atom. The number of hydrogen-bond acceptors (Lipinski definition) is 5. The van der Waals surface area contributed by atoms with Crippen LogP contribution in [-0.4, -0.2) is 36.1 Å². The predicted molar refractivity (Wildman–Crippen MR) is 109 cm³/mol. The minimum absolute atomic E-state index is 0.109. The maximum Gasteiger partial charge on any atom is 0.328 e. The number of benzene rings is 1. The third-order valence-electron chi connectivity index (χ3n) is 5.08. The van der Waals surface area contributed by atoms with Crippen LogP contribution in [0.2, 0.25) is 0 Å². The molecule has 9 nitrogen and oxygen atoms in total. The summed E-state index contributed by atoms with van der Waals surface area (Å²) in [6.45, 7) is 2.82. The Bertz CT molecular complexity index is 1210. The van der Waals surface area contributed by atoms with Crippen LogP contribution in [0.3, 0.4) is 0 Å². The van der Waals surface area contributed by atoms with Crippen molar-refractivity contribution in [2.75, 3.05) is 6.67 Å². The number of carbonyl (C=O) groups is 1. The average Bonchev–Trinajstić information content (AvgIpc) is 3.62. The van der Waals surface area contributed by atoms with Crippen molar-refractivity contribution in [2.45, 2.75) is 42.7 Å². The Morgan fingerprint density at radius 2 is 2.00 bits per heavy atom. The van der Waals surface area contributed by atoms with Crippen LogP contribution in [0.25, 0.3) is 10.9 Å². The van der Waals surface area contributed by atoms with Gasteiger partial charge in [0.15, 0.2) is 0 Å². The van der Waals surface area contributed by atoms with Gasteiger partial charge in [0.05, 0.1) is 21.3 Å². The van der Waals surface area contributed by atoms with Crippen LogP contribution in [0.15, 0.2) is 45.3 Å². The summed E-state index contributed by atoms with van der Waals surface area (Å²) in [5.74, 6) is -0.0684. The first-order chi connectivity index (χ1) is 14.1. The van der Waals surface area contributed by atoms with Crippen molar-refractivity contribution >= 4 is 26.8 Å². The summed E-state index contributed by atoms with van der Waals surface area (Å²) >= 11 is 0. The van der Waals surface area contributed by atoms with Gasteiger partial charge in [0, 0.05) is 6.54 Å². The van der Waals surface area contributed by atoms with Crippen molar-refractivity contribution in [1.29, 1.82) is 0 Å². The molecule has 0 atom stereocenters. The summed E-state index contributed by atoms with van der Waals surface area (Å²) in [5, 5.41) is 0.133. The van der Waals surface area contributed by atoms with Crippen LogP contribution in [0.1, 0.15) is 25.7 Å². The van der Waals surface area contributed by atoms with Gasteiger partial charge in [0.25, 0.3) is 5.56 Å². The molecule has 2 aliphatic rings. The number of nitrogens with zero attached hydrogens (tertiary/aromatic N) is 1. The molecule has 1 aromatic heterocycles. The zero-order valence-electron chi connectivity index (χ0n) is 16.2. The monoisotopic (exact) mass is 438 g/mol. The Balaban J connectivity index is 0.000000461. The number of aromatic amines is 1. The molecule has 11 heteroatoms. The fourth-order valence-corrected chi connectivity index (χ4v) is 4.41. The van der Waals surface area contributed by atoms with Crippen molar-refractivity contribution < 1.29 is 17.6 Å². The van der Waals surface area contributed by atoms with E-state index in [2.05, 4.69) is 22.0 Å². The second kappa shape index (κ2) is 8.15. The number of carbonyl (C=O) groups excluding carboxylic acids is 1. The molecule has 0 unspecified atom stereocenters. The smallest absolute Gasteiger partial charge is 0.328 e. The summed E-state index contributed by atoms with van der Waals surface area (Å²) < 4.78 is 41.8. The number of halogens is 1. The van der Waals surface area contributed by atoms with Gasteiger partial charge >= 0.3 is 5.69 Å². The van der Waals surface area contributed by atoms with Crippen LogP contribution in [0.5, 0.6) is 0 Å². The van der Waals surface area contributed by atoms with E-state index in [1.807, 2.05) is 0 Å². The second-order valence-corrected chi connectivity index (χ2v) is 9.30. The summed E-state index contributed by atoms with van der Waals surface area (Å²) in [5.41, 5.74) is 2.81. The maximum absolute atomic E-state index is 13.0. The second-order valence-electron chi connectivity index (χ2n) is 7.62. The molecule has 1 heterocycles. The van der Waals surface area contributed by atoms with Crippen molar-refractivity contribution in [3.8, 4) is 0 Å². The van der Waals surface area contributed by atoms with Gasteiger partial charge < -0.3 is 5.73 Å². The fourth-order valence-electron chi connectivity index (χ4n) is 2.94. The lowest BCUT2D eigenvalue weighted by Crippen LogP contribution is -2.38. The van der Waals surface area contributed by atoms with E-state index in [4.69, 9.17) is 0 Å². The fraction of sp³-hybridized carbons (Fsp3) is 0.421. The number of hydrogen-bond donors (Lipinski definition) is 3. The minimum Gasteiger partial charge on any atom is -0.366 e. The normalized spacial score (nSPS) is 17.1. The Morgan fingerprint density at radius 3 is 2.50 bits per heavy atom. The molecule has 2 saturated carbocycles. The molecule has 4 N–H and O–H groups in total. The molecule has 0 radical (unpaired) electrons. The van der Waals surface area contributed by atoms with Crippen LogP contribution < -0.4 is 21.7 Å². The predicted octanol–water partition coefficient (Wildman–Crippen LogP) is 0.538. The third kappa shape index (κ3) is 4.85. The van der Waals surface area contributed by atoms with Gasteiger partial charge in [-0.05, 0) is 55.9 Å². The van der Waals surface area contributed by atoms with E-state index in [-0.39, 0.29) is 10.3 Å². The minimum atomic E-state index is -3.94. The molecule has 4 rings (SSSR count). The van der Waals surface area contributed by atoms with Gasteiger partial charge in [-0.25, -0.2) is 22.3 Å². The highest BCUT2D eigenvalue weighted by atomic mass is 32.2. The van der Waals surface area contributed by atoms with Crippen molar-refractivity contribution in [1.82, 2.24) is 14.3 Å². The number of rotatable bonds is 7. The molecule has 162 valence electrons. The summed E-state index contributed by atoms with van der Waals surface area (Å²) in [6.07, 6.45) is 4.04. The van der Waals surface area contributed by atoms with E-state index in [0.29, 0.717) is 30.8 Å². The number of alkyl halides is 1. The third-order valence-corrected chi connectivity index (χ3v) is 6.65. The lowest BCUT2D eigenvalue weighted by atomic mass is 10.2. The molecule has 2 aliphatic carbocycles. The number of amides is 1. The standard InChI is InChI=1S/C16H18FN3O4S.C3H5NO/c17-9-16(5-6-16)19-25(23,24)11-3-4-13-12(7-11)14(21)18-15(22)20(13)8-10-1-2-10;1-2-3(4)5/h3-4,7,10,19H,1-2,5-6,8-9H2,(H,18,21,22);2H,1H2,(H2,4,5). The van der Waals surface area contributed by atoms with Gasteiger partial charge in [0.1, 0.15) is 6.67 Å². The van der Waals surface area contributed by atoms with Gasteiger partial charge in [-0.1, -0.05) is 6.58 Å². The highest BCUT2D eigenvalue weighted by Crippen LogP contribution is 2.37. The molecule has 2 fully saturated rings. The van der Waals surface area contributed by atoms with E-state index in [1.165, 1.54) is 22.8 Å². The molecule has 0 aliphatic heterocycles. The molecule has 0 spiro atoms. The largest absolute Gasteiger partial charge is 0.366 e. The van der Waals surface area contributed by atoms with Gasteiger partial charge in [-0.3, -0.25) is 19.1 Å². The van der Waals surface area contributed by atoms with E-state index >= 15 is 0 Å². The van der Waals surface area contributed by atoms with E-state index in [0.717, 1.165) is 18.9 Å². The maximum atomic E-state index is 13.0. The molecule has 1 amide bonds. The summed E-state index contributed by atoms with van der Waals surface area (Å²) in [4.78, 5) is 35.8. The highest BCUT2D eigenvalue weighted by Gasteiger charge is 2.46. The Kier molecular flexibility index (Phi) is 5.95. The lowest BCUT2D eigenvalue weighted by Gasteiger charge is -2.15. The van der Waals surface area contributed by atoms with E-state index in [1.54, 1.807) is 0 Å². The molecule has 1 aromatic carbocycles. The van der Waals surface area contributed by atoms with Gasteiger partial charge in [0.2, 0.25) is 15.9 Å². The summed E-state index contributed by atoms with van der Waals surface area (Å²) in [6, 6.07) is 4.06. The topological polar surface area (TPSA) is 144 Å². The molecule has 0 bridgehead atoms. The number of sulfonamides is 1. The van der Waals surface area contributed by atoms with E-state index in [9.17, 15) is 27.2 Å². The summed E-state index contributed by atoms with van der Waals surface area (Å²) in [7, 11) is -3.94. The molecular formula is C19H23FN4O5S. The molecule has 2 aromatic rings. The lowest BCUT2D eigenvalue weighted by molar-refractivity contribution is -0.113. The zero-order valence-corrected chi connectivity index (χ0v) is 17.0. The first-order valence-corrected chi connectivity index (χ1v) is 10.9. The Labute approximate surface area is 171 Å². The first kappa shape index (κ1) is 21.9. The number of aromatic nitrogens is 2. The zero-order chi connectivity index (χ0) is 22.1. The SMILES string of the molecule is C=CC(N)=O.O=c1[nH]c(=O)n(CC2CC2)c2ccc(S(=O)(=O)NC3(CF)CC3)cc12. The number of primary amides is 1. The highest BCUT2D eigenvalue weighted by molar-refractivity contribution is 7.89.